The Morgan fingerprint density at radius 1 is 1.02 bits per heavy atom. The largest absolute Gasteiger partial charge is 0.489 e. The van der Waals surface area contributed by atoms with Crippen molar-refractivity contribution in [2.24, 2.45) is 0 Å². The van der Waals surface area contributed by atoms with E-state index in [1.165, 1.54) is 12.5 Å². The van der Waals surface area contributed by atoms with Gasteiger partial charge in [-0.15, -0.1) is 0 Å². The van der Waals surface area contributed by atoms with Gasteiger partial charge in [0.05, 0.1) is 24.9 Å². The fourth-order valence-corrected chi connectivity index (χ4v) is 4.61. The number of hydrogen-bond donors (Lipinski definition) is 2. The molecule has 0 bridgehead atoms. The second-order valence-corrected chi connectivity index (χ2v) is 10.2. The summed E-state index contributed by atoms with van der Waals surface area (Å²) in [5.74, 6) is -2.36. The highest BCUT2D eigenvalue weighted by molar-refractivity contribution is 6.00. The van der Waals surface area contributed by atoms with Gasteiger partial charge in [0.15, 0.2) is 0 Å². The maximum atomic E-state index is 14.4. The van der Waals surface area contributed by atoms with Gasteiger partial charge in [0.25, 0.3) is 5.92 Å². The molecular weight excluding hydrogens is 554 g/mol. The summed E-state index contributed by atoms with van der Waals surface area (Å²) in [5, 5.41) is 6.41. The molecule has 9 nitrogen and oxygen atoms in total. The van der Waals surface area contributed by atoms with Crippen LogP contribution in [0.15, 0.2) is 85.3 Å². The van der Waals surface area contributed by atoms with Crippen LogP contribution in [-0.4, -0.2) is 64.5 Å². The molecule has 2 aromatic carbocycles. The number of rotatable bonds is 13. The average Bonchev–Trinajstić information content (AvgIpc) is 3.03. The van der Waals surface area contributed by atoms with Crippen LogP contribution in [0, 0.1) is 0 Å². The maximum absolute atomic E-state index is 14.4. The number of amides is 1. The van der Waals surface area contributed by atoms with Gasteiger partial charge in [0.2, 0.25) is 5.91 Å². The van der Waals surface area contributed by atoms with Gasteiger partial charge in [0, 0.05) is 36.7 Å². The lowest BCUT2D eigenvalue weighted by atomic mass is 10.1. The molecule has 43 heavy (non-hydrogen) atoms. The highest BCUT2D eigenvalue weighted by Gasteiger charge is 2.25. The molecule has 1 amide bonds. The minimum absolute atomic E-state index is 0.193. The van der Waals surface area contributed by atoms with E-state index in [2.05, 4.69) is 30.5 Å². The fourth-order valence-electron chi connectivity index (χ4n) is 4.61. The van der Waals surface area contributed by atoms with Crippen LogP contribution >= 0.6 is 0 Å². The molecule has 1 saturated heterocycles. The number of carbonyl (C=O) groups is 1. The number of hydrogen-bond acceptors (Lipinski definition) is 8. The van der Waals surface area contributed by atoms with E-state index < -0.39 is 11.8 Å². The summed E-state index contributed by atoms with van der Waals surface area (Å²) in [6.45, 7) is 4.27. The minimum atomic E-state index is -3.08. The molecule has 1 aliphatic heterocycles. The Balaban J connectivity index is 1.15. The molecule has 1 aliphatic rings. The average molecular weight is 589 g/mol. The zero-order valence-corrected chi connectivity index (χ0v) is 23.7. The van der Waals surface area contributed by atoms with Crippen LogP contribution in [0.3, 0.4) is 0 Å². The topological polar surface area (TPSA) is 102 Å². The van der Waals surface area contributed by atoms with Crippen molar-refractivity contribution in [2.45, 2.75) is 31.8 Å². The van der Waals surface area contributed by atoms with Crippen molar-refractivity contribution in [1.29, 1.82) is 0 Å². The van der Waals surface area contributed by atoms with E-state index in [0.29, 0.717) is 55.5 Å². The van der Waals surface area contributed by atoms with Crippen LogP contribution in [0.1, 0.15) is 24.8 Å². The minimum Gasteiger partial charge on any atom is -0.489 e. The number of unbranched alkanes of at least 4 members (excludes halogenated alkanes) is 1. The van der Waals surface area contributed by atoms with Gasteiger partial charge in [-0.2, -0.15) is 0 Å². The van der Waals surface area contributed by atoms with E-state index in [-0.39, 0.29) is 12.2 Å². The first-order valence-electron chi connectivity index (χ1n) is 14.3. The number of halogens is 2. The Morgan fingerprint density at radius 3 is 2.60 bits per heavy atom. The van der Waals surface area contributed by atoms with Crippen LogP contribution in [0.25, 0.3) is 10.9 Å². The number of pyridine rings is 1. The summed E-state index contributed by atoms with van der Waals surface area (Å²) in [5.41, 5.74) is 2.40. The van der Waals surface area contributed by atoms with Crippen molar-refractivity contribution in [3.8, 4) is 5.75 Å². The van der Waals surface area contributed by atoms with Crippen LogP contribution in [0.4, 0.5) is 26.1 Å². The molecule has 1 fully saturated rings. The molecule has 224 valence electrons. The molecule has 0 spiro atoms. The van der Waals surface area contributed by atoms with Gasteiger partial charge >= 0.3 is 0 Å². The predicted octanol–water partition coefficient (Wildman–Crippen LogP) is 5.98. The van der Waals surface area contributed by atoms with Gasteiger partial charge in [0.1, 0.15) is 30.3 Å². The van der Waals surface area contributed by atoms with Crippen LogP contribution in [0.2, 0.25) is 0 Å². The van der Waals surface area contributed by atoms with E-state index in [1.54, 1.807) is 6.07 Å². The van der Waals surface area contributed by atoms with Gasteiger partial charge in [-0.25, -0.2) is 23.7 Å². The zero-order valence-electron chi connectivity index (χ0n) is 23.7. The van der Waals surface area contributed by atoms with E-state index in [4.69, 9.17) is 9.47 Å². The monoisotopic (exact) mass is 588 g/mol. The summed E-state index contributed by atoms with van der Waals surface area (Å²) in [6, 6.07) is 18.9. The normalized spacial score (nSPS) is 14.2. The van der Waals surface area contributed by atoms with E-state index in [0.717, 1.165) is 42.7 Å². The van der Waals surface area contributed by atoms with Crippen LogP contribution in [-0.2, 0) is 16.1 Å². The first-order chi connectivity index (χ1) is 20.9. The van der Waals surface area contributed by atoms with Crippen molar-refractivity contribution < 1.29 is 23.0 Å². The molecule has 0 atom stereocenters. The van der Waals surface area contributed by atoms with Gasteiger partial charge in [-0.3, -0.25) is 9.69 Å². The number of carbonyl (C=O) groups excluding carboxylic acids is 1. The molecule has 5 rings (SSSR count). The molecule has 0 unspecified atom stereocenters. The Bertz CT molecular complexity index is 1510. The maximum Gasteiger partial charge on any atom is 0.266 e. The summed E-state index contributed by atoms with van der Waals surface area (Å²) in [7, 11) is 0. The van der Waals surface area contributed by atoms with Gasteiger partial charge in [-0.1, -0.05) is 30.3 Å². The lowest BCUT2D eigenvalue weighted by Crippen LogP contribution is -2.36. The Morgan fingerprint density at radius 2 is 1.81 bits per heavy atom. The van der Waals surface area contributed by atoms with E-state index in [9.17, 15) is 13.6 Å². The second-order valence-electron chi connectivity index (χ2n) is 10.2. The second kappa shape index (κ2) is 14.6. The highest BCUT2D eigenvalue weighted by Crippen LogP contribution is 2.26. The van der Waals surface area contributed by atoms with E-state index >= 15 is 0 Å². The van der Waals surface area contributed by atoms with Crippen molar-refractivity contribution in [2.75, 3.05) is 43.5 Å². The number of aromatic nitrogens is 3. The molecule has 0 saturated carbocycles. The number of anilines is 3. The quantitative estimate of drug-likeness (QED) is 0.145. The standard InChI is InChI=1S/C32H34F2N6O3/c33-32(34,13-4-5-15-40-16-18-42-19-17-40)14-12-30(41)39-29-20-27-28(21-35-29)36-23-37-31(27)38-25-8-10-26(11-9-25)43-22-24-6-2-1-3-7-24/h1-3,6-12,14,20-21,23H,4-5,13,15-19,22H2,(H,35,39,41)(H,36,37,38). The zero-order chi connectivity index (χ0) is 29.9. The number of allylic oxidation sites excluding steroid dienone is 1. The number of fused-ring (bicyclic) bond motifs is 1. The summed E-state index contributed by atoms with van der Waals surface area (Å²) in [4.78, 5) is 27.4. The molecule has 0 radical (unpaired) electrons. The summed E-state index contributed by atoms with van der Waals surface area (Å²) in [6.07, 6.45) is 5.13. The number of benzene rings is 2. The molecular formula is C32H34F2N6O3. The summed E-state index contributed by atoms with van der Waals surface area (Å²) >= 11 is 0. The molecule has 4 aromatic rings. The lowest BCUT2D eigenvalue weighted by Gasteiger charge is -2.26. The molecule has 11 heteroatoms. The molecule has 2 aromatic heterocycles. The SMILES string of the molecule is O=C(C=CC(F)(F)CCCCN1CCOCC1)Nc1cc2c(Nc3ccc(OCc4ccccc4)cc3)ncnc2cn1. The third-order valence-corrected chi connectivity index (χ3v) is 6.96. The Labute approximate surface area is 249 Å². The first-order valence-corrected chi connectivity index (χ1v) is 14.3. The molecule has 3 heterocycles. The van der Waals surface area contributed by atoms with Gasteiger partial charge < -0.3 is 20.1 Å². The lowest BCUT2D eigenvalue weighted by molar-refractivity contribution is -0.112. The summed E-state index contributed by atoms with van der Waals surface area (Å²) < 4.78 is 39.9. The number of ether oxygens (including phenoxy) is 2. The number of nitrogens with one attached hydrogen (secondary N) is 2. The molecule has 2 N–H and O–H groups in total. The van der Waals surface area contributed by atoms with Crippen LogP contribution in [0.5, 0.6) is 5.75 Å². The Hall–Kier alpha value is -4.48. The third kappa shape index (κ3) is 9.25. The number of alkyl halides is 2. The van der Waals surface area contributed by atoms with Crippen molar-refractivity contribution in [3.63, 3.8) is 0 Å². The predicted molar refractivity (Wildman–Crippen MR) is 162 cm³/mol. The first kappa shape index (κ1) is 30.0. The van der Waals surface area contributed by atoms with Crippen molar-refractivity contribution in [3.05, 3.63) is 90.9 Å². The van der Waals surface area contributed by atoms with E-state index in [1.807, 2.05) is 54.6 Å². The smallest absolute Gasteiger partial charge is 0.266 e. The third-order valence-electron chi connectivity index (χ3n) is 6.96. The highest BCUT2D eigenvalue weighted by atomic mass is 19.3. The van der Waals surface area contributed by atoms with Gasteiger partial charge in [-0.05, 0) is 61.4 Å². The fraction of sp³-hybridized carbons (Fsp3) is 0.312. The van der Waals surface area contributed by atoms with Crippen molar-refractivity contribution >= 4 is 34.1 Å². The number of nitrogens with zero attached hydrogens (tertiary/aromatic N) is 4. The van der Waals surface area contributed by atoms with Crippen LogP contribution < -0.4 is 15.4 Å². The molecule has 0 aliphatic carbocycles. The van der Waals surface area contributed by atoms with Crippen molar-refractivity contribution in [1.82, 2.24) is 19.9 Å². The number of morpholine rings is 1. The Kier molecular flexibility index (Phi) is 10.2.